The highest BCUT2D eigenvalue weighted by atomic mass is 79.9. The Hall–Kier alpha value is -2.34. The van der Waals surface area contributed by atoms with E-state index in [9.17, 15) is 4.79 Å². The highest BCUT2D eigenvalue weighted by molar-refractivity contribution is 9.10. The minimum absolute atomic E-state index is 0.173. The molecule has 6 heteroatoms. The first-order valence-electron chi connectivity index (χ1n) is 6.58. The molecule has 0 aliphatic carbocycles. The smallest absolute Gasteiger partial charge is 0.363 e. The monoisotopic (exact) mass is 360 g/mol. The summed E-state index contributed by atoms with van der Waals surface area (Å²) < 4.78 is 11.0. The van der Waals surface area contributed by atoms with Crippen molar-refractivity contribution in [1.29, 1.82) is 0 Å². The quantitative estimate of drug-likeness (QED) is 0.621. The third kappa shape index (κ3) is 2.96. The molecular formula is C16H13BrN2O3. The molecule has 2 aromatic rings. The lowest BCUT2D eigenvalue weighted by Crippen LogP contribution is -2.08. The summed E-state index contributed by atoms with van der Waals surface area (Å²) in [6.07, 6.45) is 1.69. The van der Waals surface area contributed by atoms with Gasteiger partial charge in [-0.2, -0.15) is 0 Å². The second-order valence-corrected chi connectivity index (χ2v) is 5.71. The third-order valence-electron chi connectivity index (χ3n) is 3.12. The average Bonchev–Trinajstić information content (AvgIpc) is 3.06. The van der Waals surface area contributed by atoms with Crippen molar-refractivity contribution in [2.45, 2.75) is 0 Å². The lowest BCUT2D eigenvalue weighted by molar-refractivity contribution is -0.130. The largest absolute Gasteiger partial charge is 0.444 e. The Kier molecular flexibility index (Phi) is 3.85. The fourth-order valence-electron chi connectivity index (χ4n) is 1.97. The number of carbonyl (C=O) groups is 1. The first-order valence-corrected chi connectivity index (χ1v) is 7.38. The van der Waals surface area contributed by atoms with Crippen LogP contribution < -0.4 is 4.90 Å². The Bertz CT molecular complexity index is 773. The van der Waals surface area contributed by atoms with Gasteiger partial charge in [0.25, 0.3) is 5.90 Å². The highest BCUT2D eigenvalue weighted by Crippen LogP contribution is 2.22. The van der Waals surface area contributed by atoms with Crippen molar-refractivity contribution < 1.29 is 13.9 Å². The summed E-state index contributed by atoms with van der Waals surface area (Å²) in [4.78, 5) is 18.1. The van der Waals surface area contributed by atoms with Crippen LogP contribution in [0.4, 0.5) is 5.69 Å². The topological polar surface area (TPSA) is 55.0 Å². The molecular weight excluding hydrogens is 348 g/mol. The van der Waals surface area contributed by atoms with E-state index in [0.717, 1.165) is 11.3 Å². The van der Waals surface area contributed by atoms with Crippen LogP contribution >= 0.6 is 15.9 Å². The van der Waals surface area contributed by atoms with Crippen molar-refractivity contribution >= 4 is 39.6 Å². The number of aliphatic imine (C=N–C) groups is 1. The Balaban J connectivity index is 1.87. The van der Waals surface area contributed by atoms with Gasteiger partial charge in [0.2, 0.25) is 0 Å². The standard InChI is InChI=1S/C16H13BrN2O3/c1-19(2)11-5-3-10(4-6-11)9-12-16(20)22-15(18-12)13-7-8-14(17)21-13/h3-9H,1-2H3/b12-9+. The van der Waals surface area contributed by atoms with E-state index >= 15 is 0 Å². The van der Waals surface area contributed by atoms with Gasteiger partial charge in [0.15, 0.2) is 16.1 Å². The molecule has 0 atom stereocenters. The van der Waals surface area contributed by atoms with Gasteiger partial charge in [-0.3, -0.25) is 0 Å². The fourth-order valence-corrected chi connectivity index (χ4v) is 2.28. The molecule has 3 rings (SSSR count). The molecule has 5 nitrogen and oxygen atoms in total. The van der Waals surface area contributed by atoms with Gasteiger partial charge in [0.1, 0.15) is 0 Å². The Morgan fingerprint density at radius 1 is 1.14 bits per heavy atom. The number of carbonyl (C=O) groups excluding carboxylic acids is 1. The normalized spacial score (nSPS) is 15.9. The molecule has 0 amide bonds. The van der Waals surface area contributed by atoms with E-state index in [2.05, 4.69) is 20.9 Å². The molecule has 0 unspecified atom stereocenters. The SMILES string of the molecule is CN(C)c1ccc(/C=C2/N=C(c3ccc(Br)o3)OC2=O)cc1. The molecule has 0 bridgehead atoms. The molecule has 0 saturated carbocycles. The Morgan fingerprint density at radius 3 is 2.45 bits per heavy atom. The molecule has 1 aromatic heterocycles. The Labute approximate surface area is 136 Å². The van der Waals surface area contributed by atoms with Crippen LogP contribution in [0.15, 0.2) is 56.2 Å². The maximum Gasteiger partial charge on any atom is 0.363 e. The molecule has 1 aliphatic rings. The summed E-state index contributed by atoms with van der Waals surface area (Å²) in [5.41, 5.74) is 2.21. The minimum atomic E-state index is -0.487. The summed E-state index contributed by atoms with van der Waals surface area (Å²) in [7, 11) is 3.94. The molecule has 0 radical (unpaired) electrons. The van der Waals surface area contributed by atoms with Crippen molar-refractivity contribution in [2.24, 2.45) is 4.99 Å². The second-order valence-electron chi connectivity index (χ2n) is 4.93. The number of esters is 1. The summed E-state index contributed by atoms with van der Waals surface area (Å²) >= 11 is 3.20. The van der Waals surface area contributed by atoms with Crippen molar-refractivity contribution in [3.8, 4) is 0 Å². The second kappa shape index (κ2) is 5.81. The predicted molar refractivity (Wildman–Crippen MR) is 87.8 cm³/mol. The zero-order valence-corrected chi connectivity index (χ0v) is 13.6. The van der Waals surface area contributed by atoms with Gasteiger partial charge in [-0.25, -0.2) is 9.79 Å². The number of benzene rings is 1. The average molecular weight is 361 g/mol. The number of furan rings is 1. The van der Waals surface area contributed by atoms with Crippen LogP contribution in [0.2, 0.25) is 0 Å². The minimum Gasteiger partial charge on any atom is -0.444 e. The number of hydrogen-bond donors (Lipinski definition) is 0. The van der Waals surface area contributed by atoms with Crippen LogP contribution in [0, 0.1) is 0 Å². The summed E-state index contributed by atoms with van der Waals surface area (Å²) in [6, 6.07) is 11.2. The molecule has 1 aromatic carbocycles. The van der Waals surface area contributed by atoms with E-state index in [1.165, 1.54) is 0 Å². The Morgan fingerprint density at radius 2 is 1.86 bits per heavy atom. The van der Waals surface area contributed by atoms with E-state index in [1.807, 2.05) is 43.3 Å². The summed E-state index contributed by atoms with van der Waals surface area (Å²) in [5.74, 6) is 0.0950. The van der Waals surface area contributed by atoms with E-state index in [4.69, 9.17) is 9.15 Å². The first kappa shape index (κ1) is 14.6. The van der Waals surface area contributed by atoms with Crippen molar-refractivity contribution in [1.82, 2.24) is 0 Å². The van der Waals surface area contributed by atoms with Crippen LogP contribution in [-0.2, 0) is 9.53 Å². The first-order chi connectivity index (χ1) is 10.5. The van der Waals surface area contributed by atoms with Gasteiger partial charge in [-0.1, -0.05) is 12.1 Å². The number of ether oxygens (including phenoxy) is 1. The van der Waals surface area contributed by atoms with Crippen LogP contribution in [0.5, 0.6) is 0 Å². The van der Waals surface area contributed by atoms with Crippen molar-refractivity contribution in [3.63, 3.8) is 0 Å². The number of nitrogens with zero attached hydrogens (tertiary/aromatic N) is 2. The van der Waals surface area contributed by atoms with Gasteiger partial charge < -0.3 is 14.1 Å². The van der Waals surface area contributed by atoms with E-state index < -0.39 is 5.97 Å². The zero-order chi connectivity index (χ0) is 15.7. The van der Waals surface area contributed by atoms with E-state index in [0.29, 0.717) is 10.4 Å². The zero-order valence-electron chi connectivity index (χ0n) is 12.0. The molecule has 0 spiro atoms. The molecule has 2 heterocycles. The van der Waals surface area contributed by atoms with Crippen molar-refractivity contribution in [3.05, 3.63) is 58.1 Å². The number of rotatable bonds is 3. The summed E-state index contributed by atoms with van der Waals surface area (Å²) in [5, 5.41) is 0. The number of hydrogen-bond acceptors (Lipinski definition) is 5. The molecule has 0 saturated heterocycles. The molecule has 1 aliphatic heterocycles. The van der Waals surface area contributed by atoms with E-state index in [-0.39, 0.29) is 11.6 Å². The van der Waals surface area contributed by atoms with Crippen molar-refractivity contribution in [2.75, 3.05) is 19.0 Å². The maximum atomic E-state index is 11.9. The van der Waals surface area contributed by atoms with Gasteiger partial charge in [-0.05, 0) is 51.8 Å². The van der Waals surface area contributed by atoms with Crippen LogP contribution in [0.1, 0.15) is 11.3 Å². The third-order valence-corrected chi connectivity index (χ3v) is 3.54. The van der Waals surface area contributed by atoms with Gasteiger partial charge >= 0.3 is 5.97 Å². The fraction of sp³-hybridized carbons (Fsp3) is 0.125. The number of anilines is 1. The van der Waals surface area contributed by atoms with Gasteiger partial charge in [0.05, 0.1) is 0 Å². The number of cyclic esters (lactones) is 1. The predicted octanol–water partition coefficient (Wildman–Crippen LogP) is 3.45. The van der Waals surface area contributed by atoms with Gasteiger partial charge in [-0.15, -0.1) is 0 Å². The summed E-state index contributed by atoms with van der Waals surface area (Å²) in [6.45, 7) is 0. The lowest BCUT2D eigenvalue weighted by atomic mass is 10.1. The molecule has 0 N–H and O–H groups in total. The highest BCUT2D eigenvalue weighted by Gasteiger charge is 2.26. The van der Waals surface area contributed by atoms with Crippen LogP contribution in [0.25, 0.3) is 6.08 Å². The van der Waals surface area contributed by atoms with Crippen LogP contribution in [0.3, 0.4) is 0 Å². The van der Waals surface area contributed by atoms with Crippen LogP contribution in [-0.4, -0.2) is 26.0 Å². The van der Waals surface area contributed by atoms with Gasteiger partial charge in [0, 0.05) is 19.8 Å². The number of halogens is 1. The van der Waals surface area contributed by atoms with E-state index in [1.54, 1.807) is 18.2 Å². The lowest BCUT2D eigenvalue weighted by Gasteiger charge is -2.11. The molecule has 22 heavy (non-hydrogen) atoms. The molecule has 112 valence electrons. The molecule has 0 fully saturated rings. The maximum absolute atomic E-state index is 11.9.